The maximum atomic E-state index is 11.1. The summed E-state index contributed by atoms with van der Waals surface area (Å²) in [5.74, 6) is 0.858. The molecule has 0 aromatic heterocycles. The Morgan fingerprint density at radius 1 is 1.27 bits per heavy atom. The highest BCUT2D eigenvalue weighted by molar-refractivity contribution is 5.79. The van der Waals surface area contributed by atoms with E-state index < -0.39 is 0 Å². The predicted molar refractivity (Wildman–Crippen MR) is 47.5 cm³/mol. The number of ketones is 1. The molecular weight excluding hydrogens is 138 g/mol. The molecule has 0 heterocycles. The molecule has 0 aliphatic carbocycles. The van der Waals surface area contributed by atoms with E-state index in [9.17, 15) is 4.79 Å². The summed E-state index contributed by atoms with van der Waals surface area (Å²) in [4.78, 5) is 11.1. The van der Waals surface area contributed by atoms with Gasteiger partial charge < -0.3 is 5.32 Å². The fraction of sp³-hybridized carbons (Fsp3) is 0.889. The van der Waals surface area contributed by atoms with Crippen LogP contribution in [0.3, 0.4) is 0 Å². The zero-order chi connectivity index (χ0) is 9.02. The standard InChI is InChI=1S/C9H19NO/c1-6(2)9(8(4)11)7(3)10-5/h6-7,9-10H,1-5H3. The van der Waals surface area contributed by atoms with Crippen LogP contribution in [0.25, 0.3) is 0 Å². The molecule has 0 aromatic rings. The van der Waals surface area contributed by atoms with Gasteiger partial charge >= 0.3 is 0 Å². The van der Waals surface area contributed by atoms with Crippen LogP contribution in [-0.2, 0) is 4.79 Å². The highest BCUT2D eigenvalue weighted by atomic mass is 16.1. The molecule has 0 fully saturated rings. The van der Waals surface area contributed by atoms with Gasteiger partial charge in [-0.3, -0.25) is 4.79 Å². The second-order valence-corrected chi connectivity index (χ2v) is 3.46. The first-order valence-electron chi connectivity index (χ1n) is 4.18. The molecule has 11 heavy (non-hydrogen) atoms. The molecular formula is C9H19NO. The van der Waals surface area contributed by atoms with Crippen molar-refractivity contribution in [3.05, 3.63) is 0 Å². The smallest absolute Gasteiger partial charge is 0.134 e. The van der Waals surface area contributed by atoms with Crippen molar-refractivity contribution in [2.45, 2.75) is 33.7 Å². The lowest BCUT2D eigenvalue weighted by Gasteiger charge is -2.24. The second-order valence-electron chi connectivity index (χ2n) is 3.46. The number of carbonyl (C=O) groups excluding carboxylic acids is 1. The first kappa shape index (κ1) is 10.6. The molecule has 2 nitrogen and oxygen atoms in total. The lowest BCUT2D eigenvalue weighted by Crippen LogP contribution is -2.37. The third-order valence-corrected chi connectivity index (χ3v) is 2.18. The van der Waals surface area contributed by atoms with Crippen LogP contribution < -0.4 is 5.32 Å². The molecule has 2 atom stereocenters. The van der Waals surface area contributed by atoms with Crippen molar-refractivity contribution in [3.8, 4) is 0 Å². The van der Waals surface area contributed by atoms with Crippen LogP contribution in [0, 0.1) is 11.8 Å². The van der Waals surface area contributed by atoms with Crippen molar-refractivity contribution in [1.29, 1.82) is 0 Å². The molecule has 0 aromatic carbocycles. The van der Waals surface area contributed by atoms with E-state index >= 15 is 0 Å². The van der Waals surface area contributed by atoms with Crippen molar-refractivity contribution in [3.63, 3.8) is 0 Å². The number of hydrogen-bond acceptors (Lipinski definition) is 2. The van der Waals surface area contributed by atoms with E-state index in [1.807, 2.05) is 14.0 Å². The summed E-state index contributed by atoms with van der Waals surface area (Å²) in [5, 5.41) is 3.11. The third kappa shape index (κ3) is 3.02. The monoisotopic (exact) mass is 157 g/mol. The van der Waals surface area contributed by atoms with Crippen molar-refractivity contribution < 1.29 is 4.79 Å². The van der Waals surface area contributed by atoms with Crippen molar-refractivity contribution in [2.75, 3.05) is 7.05 Å². The van der Waals surface area contributed by atoms with Crippen LogP contribution in [0.4, 0.5) is 0 Å². The van der Waals surface area contributed by atoms with Crippen LogP contribution in [-0.4, -0.2) is 18.9 Å². The molecule has 0 rings (SSSR count). The molecule has 0 amide bonds. The van der Waals surface area contributed by atoms with E-state index in [4.69, 9.17) is 0 Å². The average molecular weight is 157 g/mol. The van der Waals surface area contributed by atoms with Crippen molar-refractivity contribution >= 4 is 5.78 Å². The van der Waals surface area contributed by atoms with Gasteiger partial charge in [0.15, 0.2) is 0 Å². The fourth-order valence-electron chi connectivity index (χ4n) is 1.58. The Hall–Kier alpha value is -0.370. The normalized spacial score (nSPS) is 16.5. The van der Waals surface area contributed by atoms with Gasteiger partial charge in [0.05, 0.1) is 0 Å². The summed E-state index contributed by atoms with van der Waals surface area (Å²) < 4.78 is 0. The van der Waals surface area contributed by atoms with Gasteiger partial charge in [0.2, 0.25) is 0 Å². The number of rotatable bonds is 4. The molecule has 0 aliphatic heterocycles. The minimum atomic E-state index is 0.153. The van der Waals surface area contributed by atoms with E-state index in [-0.39, 0.29) is 17.7 Å². The molecule has 1 N–H and O–H groups in total. The first-order valence-corrected chi connectivity index (χ1v) is 4.18. The fourth-order valence-corrected chi connectivity index (χ4v) is 1.58. The van der Waals surface area contributed by atoms with E-state index in [2.05, 4.69) is 19.2 Å². The van der Waals surface area contributed by atoms with E-state index in [0.717, 1.165) is 0 Å². The van der Waals surface area contributed by atoms with Gasteiger partial charge in [0.25, 0.3) is 0 Å². The Balaban J connectivity index is 4.21. The van der Waals surface area contributed by atoms with Gasteiger partial charge in [0, 0.05) is 12.0 Å². The topological polar surface area (TPSA) is 29.1 Å². The maximum Gasteiger partial charge on any atom is 0.134 e. The molecule has 0 bridgehead atoms. The highest BCUT2D eigenvalue weighted by Crippen LogP contribution is 2.15. The van der Waals surface area contributed by atoms with Crippen LogP contribution >= 0.6 is 0 Å². The van der Waals surface area contributed by atoms with Crippen LogP contribution in [0.2, 0.25) is 0 Å². The molecule has 2 heteroatoms. The quantitative estimate of drug-likeness (QED) is 0.669. The summed E-state index contributed by atoms with van der Waals surface area (Å²) >= 11 is 0. The third-order valence-electron chi connectivity index (χ3n) is 2.18. The van der Waals surface area contributed by atoms with Gasteiger partial charge in [-0.15, -0.1) is 0 Å². The highest BCUT2D eigenvalue weighted by Gasteiger charge is 2.23. The second kappa shape index (κ2) is 4.50. The van der Waals surface area contributed by atoms with Crippen LogP contribution in [0.1, 0.15) is 27.7 Å². The molecule has 0 saturated heterocycles. The maximum absolute atomic E-state index is 11.1. The van der Waals surface area contributed by atoms with E-state index in [0.29, 0.717) is 5.92 Å². The van der Waals surface area contributed by atoms with E-state index in [1.165, 1.54) is 0 Å². The first-order chi connectivity index (χ1) is 5.00. The Labute approximate surface area is 69.4 Å². The molecule has 0 aliphatic rings. The number of carbonyl (C=O) groups is 1. The Kier molecular flexibility index (Phi) is 4.34. The van der Waals surface area contributed by atoms with Gasteiger partial charge in [-0.25, -0.2) is 0 Å². The number of hydrogen-bond donors (Lipinski definition) is 1. The van der Waals surface area contributed by atoms with Gasteiger partial charge in [-0.2, -0.15) is 0 Å². The van der Waals surface area contributed by atoms with E-state index in [1.54, 1.807) is 6.92 Å². The van der Waals surface area contributed by atoms with Crippen LogP contribution in [0.5, 0.6) is 0 Å². The van der Waals surface area contributed by atoms with Gasteiger partial charge in [-0.05, 0) is 26.8 Å². The minimum absolute atomic E-state index is 0.153. The SMILES string of the molecule is CNC(C)C(C(C)=O)C(C)C. The molecule has 2 unspecified atom stereocenters. The zero-order valence-electron chi connectivity index (χ0n) is 8.14. The van der Waals surface area contributed by atoms with Crippen molar-refractivity contribution in [1.82, 2.24) is 5.32 Å². The summed E-state index contributed by atoms with van der Waals surface area (Å²) in [5.41, 5.74) is 0. The lowest BCUT2D eigenvalue weighted by atomic mass is 9.86. The number of Topliss-reactive ketones (excluding diaryl/α,β-unsaturated/α-hetero) is 1. The Morgan fingerprint density at radius 3 is 1.82 bits per heavy atom. The lowest BCUT2D eigenvalue weighted by molar-refractivity contribution is -0.122. The zero-order valence-corrected chi connectivity index (χ0v) is 8.14. The Bertz CT molecular complexity index is 132. The molecule has 66 valence electrons. The van der Waals surface area contributed by atoms with Crippen LogP contribution in [0.15, 0.2) is 0 Å². The van der Waals surface area contributed by atoms with Gasteiger partial charge in [-0.1, -0.05) is 13.8 Å². The molecule has 0 saturated carbocycles. The minimum Gasteiger partial charge on any atom is -0.317 e. The molecule has 0 spiro atoms. The average Bonchev–Trinajstić information content (AvgIpc) is 1.85. The summed E-state index contributed by atoms with van der Waals surface area (Å²) in [6, 6.07) is 0.285. The summed E-state index contributed by atoms with van der Waals surface area (Å²) in [6.07, 6.45) is 0. The summed E-state index contributed by atoms with van der Waals surface area (Å²) in [6.45, 7) is 7.88. The number of nitrogens with one attached hydrogen (secondary N) is 1. The molecule has 0 radical (unpaired) electrons. The largest absolute Gasteiger partial charge is 0.317 e. The Morgan fingerprint density at radius 2 is 1.73 bits per heavy atom. The van der Waals surface area contributed by atoms with Crippen molar-refractivity contribution in [2.24, 2.45) is 11.8 Å². The predicted octanol–water partition coefficient (Wildman–Crippen LogP) is 1.46. The van der Waals surface area contributed by atoms with Gasteiger partial charge in [0.1, 0.15) is 5.78 Å². The summed E-state index contributed by atoms with van der Waals surface area (Å²) in [7, 11) is 1.89.